The van der Waals surface area contributed by atoms with Crippen LogP contribution in [0.3, 0.4) is 0 Å². The van der Waals surface area contributed by atoms with E-state index in [9.17, 15) is 13.2 Å². The summed E-state index contributed by atoms with van der Waals surface area (Å²) in [6.07, 6.45) is 1.29. The molecule has 0 aliphatic carbocycles. The van der Waals surface area contributed by atoms with E-state index in [2.05, 4.69) is 5.32 Å². The Morgan fingerprint density at radius 3 is 2.38 bits per heavy atom. The van der Waals surface area contributed by atoms with Crippen LogP contribution in [0.2, 0.25) is 0 Å². The predicted molar refractivity (Wildman–Crippen MR) is 111 cm³/mol. The predicted octanol–water partition coefficient (Wildman–Crippen LogP) is 3.13. The lowest BCUT2D eigenvalue weighted by atomic mass is 9.99. The molecular weight excluding hydrogens is 392 g/mol. The lowest BCUT2D eigenvalue weighted by Gasteiger charge is -2.31. The molecule has 8 heteroatoms. The molecule has 0 unspecified atom stereocenters. The van der Waals surface area contributed by atoms with Crippen molar-refractivity contribution in [2.45, 2.75) is 24.7 Å². The van der Waals surface area contributed by atoms with Crippen LogP contribution in [0.1, 0.15) is 19.8 Å². The fourth-order valence-electron chi connectivity index (χ4n) is 3.32. The summed E-state index contributed by atoms with van der Waals surface area (Å²) >= 11 is 0. The molecule has 0 saturated carbocycles. The number of carbonyl (C=O) groups excluding carboxylic acids is 1. The Labute approximate surface area is 171 Å². The summed E-state index contributed by atoms with van der Waals surface area (Å²) in [7, 11) is -2.08. The van der Waals surface area contributed by atoms with Crippen LogP contribution >= 0.6 is 0 Å². The highest BCUT2D eigenvalue weighted by molar-refractivity contribution is 7.89. The maximum absolute atomic E-state index is 13.0. The standard InChI is InChI=1S/C21H26N2O5S/c1-3-28-19-10-12-20(13-11-19)29(25,26)23-14-4-5-16(15-23)21(24)22-17-6-8-18(27-2)9-7-17/h6-13,16H,3-5,14-15H2,1-2H3,(H,22,24)/t16-/m0/s1. The number of benzene rings is 2. The number of anilines is 1. The Morgan fingerprint density at radius 1 is 1.10 bits per heavy atom. The van der Waals surface area contributed by atoms with E-state index in [1.807, 2.05) is 6.92 Å². The number of methoxy groups -OCH3 is 1. The van der Waals surface area contributed by atoms with E-state index < -0.39 is 15.9 Å². The molecule has 1 fully saturated rings. The van der Waals surface area contributed by atoms with Crippen LogP contribution < -0.4 is 14.8 Å². The summed E-state index contributed by atoms with van der Waals surface area (Å²) in [5.41, 5.74) is 0.655. The van der Waals surface area contributed by atoms with Gasteiger partial charge < -0.3 is 14.8 Å². The average Bonchev–Trinajstić information content (AvgIpc) is 2.75. The SMILES string of the molecule is CCOc1ccc(S(=O)(=O)N2CCC[C@H](C(=O)Nc3ccc(OC)cc3)C2)cc1. The van der Waals surface area contributed by atoms with Gasteiger partial charge in [0.1, 0.15) is 11.5 Å². The van der Waals surface area contributed by atoms with Gasteiger partial charge in [-0.15, -0.1) is 0 Å². The van der Waals surface area contributed by atoms with E-state index in [1.54, 1.807) is 55.6 Å². The second kappa shape index (κ2) is 9.28. The molecule has 1 N–H and O–H groups in total. The van der Waals surface area contributed by atoms with Crippen molar-refractivity contribution in [2.75, 3.05) is 32.1 Å². The Hall–Kier alpha value is -2.58. The van der Waals surface area contributed by atoms with E-state index in [-0.39, 0.29) is 17.3 Å². The molecule has 3 rings (SSSR count). The minimum atomic E-state index is -3.66. The summed E-state index contributed by atoms with van der Waals surface area (Å²) in [6, 6.07) is 13.4. The van der Waals surface area contributed by atoms with Crippen LogP contribution in [0.5, 0.6) is 11.5 Å². The Kier molecular flexibility index (Phi) is 6.76. The molecule has 0 radical (unpaired) electrons. The summed E-state index contributed by atoms with van der Waals surface area (Å²) in [6.45, 7) is 2.96. The zero-order chi connectivity index (χ0) is 20.9. The molecule has 1 heterocycles. The molecule has 0 bridgehead atoms. The van der Waals surface area contributed by atoms with Gasteiger partial charge >= 0.3 is 0 Å². The van der Waals surface area contributed by atoms with Crippen LogP contribution in [-0.4, -0.2) is 45.4 Å². The zero-order valence-electron chi connectivity index (χ0n) is 16.6. The minimum absolute atomic E-state index is 0.164. The Morgan fingerprint density at radius 2 is 1.76 bits per heavy atom. The smallest absolute Gasteiger partial charge is 0.243 e. The van der Waals surface area contributed by atoms with Gasteiger partial charge in [-0.2, -0.15) is 4.31 Å². The number of amides is 1. The second-order valence-corrected chi connectivity index (χ2v) is 8.76. The van der Waals surface area contributed by atoms with Crippen molar-refractivity contribution in [3.8, 4) is 11.5 Å². The number of ether oxygens (including phenoxy) is 2. The first-order valence-electron chi connectivity index (χ1n) is 9.62. The van der Waals surface area contributed by atoms with Crippen LogP contribution in [0.15, 0.2) is 53.4 Å². The highest BCUT2D eigenvalue weighted by atomic mass is 32.2. The molecule has 2 aromatic rings. The summed E-state index contributed by atoms with van der Waals surface area (Å²) in [5, 5.41) is 2.86. The van der Waals surface area contributed by atoms with Crippen molar-refractivity contribution in [1.29, 1.82) is 0 Å². The largest absolute Gasteiger partial charge is 0.497 e. The van der Waals surface area contributed by atoms with E-state index in [0.29, 0.717) is 43.2 Å². The highest BCUT2D eigenvalue weighted by Crippen LogP contribution is 2.26. The molecule has 0 aromatic heterocycles. The first-order valence-corrected chi connectivity index (χ1v) is 11.1. The monoisotopic (exact) mass is 418 g/mol. The molecular formula is C21H26N2O5S. The van der Waals surface area contributed by atoms with E-state index >= 15 is 0 Å². The van der Waals surface area contributed by atoms with Crippen molar-refractivity contribution < 1.29 is 22.7 Å². The molecule has 0 spiro atoms. The molecule has 1 amide bonds. The van der Waals surface area contributed by atoms with Gasteiger partial charge in [0.05, 0.1) is 24.5 Å². The number of rotatable bonds is 7. The Bertz CT molecular complexity index is 927. The quantitative estimate of drug-likeness (QED) is 0.747. The third kappa shape index (κ3) is 5.07. The van der Waals surface area contributed by atoms with Gasteiger partial charge in [0.2, 0.25) is 15.9 Å². The first-order chi connectivity index (χ1) is 13.9. The molecule has 1 aliphatic rings. The number of piperidine rings is 1. The van der Waals surface area contributed by atoms with E-state index in [1.165, 1.54) is 4.31 Å². The number of carbonyl (C=O) groups is 1. The number of sulfonamides is 1. The number of hydrogen-bond acceptors (Lipinski definition) is 5. The maximum atomic E-state index is 13.0. The lowest BCUT2D eigenvalue weighted by Crippen LogP contribution is -2.43. The first kappa shape index (κ1) is 21.1. The molecule has 1 aliphatic heterocycles. The van der Waals surface area contributed by atoms with Crippen LogP contribution in [0, 0.1) is 5.92 Å². The summed E-state index contributed by atoms with van der Waals surface area (Å²) < 4.78 is 37.9. The van der Waals surface area contributed by atoms with Crippen LogP contribution in [-0.2, 0) is 14.8 Å². The number of hydrogen-bond donors (Lipinski definition) is 1. The number of nitrogens with zero attached hydrogens (tertiary/aromatic N) is 1. The van der Waals surface area contributed by atoms with Crippen molar-refractivity contribution in [3.63, 3.8) is 0 Å². The van der Waals surface area contributed by atoms with Crippen molar-refractivity contribution >= 4 is 21.6 Å². The van der Waals surface area contributed by atoms with Gasteiger partial charge in [0.25, 0.3) is 0 Å². The number of nitrogens with one attached hydrogen (secondary N) is 1. The van der Waals surface area contributed by atoms with E-state index in [0.717, 1.165) is 0 Å². The summed E-state index contributed by atoms with van der Waals surface area (Å²) in [4.78, 5) is 12.9. The highest BCUT2D eigenvalue weighted by Gasteiger charge is 2.33. The topological polar surface area (TPSA) is 84.9 Å². The van der Waals surface area contributed by atoms with Gasteiger partial charge in [0.15, 0.2) is 0 Å². The Balaban J connectivity index is 1.67. The molecule has 1 saturated heterocycles. The maximum Gasteiger partial charge on any atom is 0.243 e. The van der Waals surface area contributed by atoms with Gasteiger partial charge in [-0.05, 0) is 68.3 Å². The third-order valence-corrected chi connectivity index (χ3v) is 6.76. The fourth-order valence-corrected chi connectivity index (χ4v) is 4.84. The lowest BCUT2D eigenvalue weighted by molar-refractivity contribution is -0.120. The van der Waals surface area contributed by atoms with Crippen LogP contribution in [0.25, 0.3) is 0 Å². The summed E-state index contributed by atoms with van der Waals surface area (Å²) in [5.74, 6) is 0.750. The van der Waals surface area contributed by atoms with Crippen molar-refractivity contribution in [2.24, 2.45) is 5.92 Å². The normalized spacial score (nSPS) is 17.5. The van der Waals surface area contributed by atoms with Crippen molar-refractivity contribution in [3.05, 3.63) is 48.5 Å². The minimum Gasteiger partial charge on any atom is -0.497 e. The molecule has 2 aromatic carbocycles. The second-order valence-electron chi connectivity index (χ2n) is 6.82. The van der Waals surface area contributed by atoms with Gasteiger partial charge in [-0.25, -0.2) is 8.42 Å². The average molecular weight is 419 g/mol. The molecule has 29 heavy (non-hydrogen) atoms. The van der Waals surface area contributed by atoms with Gasteiger partial charge in [0, 0.05) is 18.8 Å². The third-order valence-electron chi connectivity index (χ3n) is 4.88. The van der Waals surface area contributed by atoms with Crippen LogP contribution in [0.4, 0.5) is 5.69 Å². The fraction of sp³-hybridized carbons (Fsp3) is 0.381. The van der Waals surface area contributed by atoms with E-state index in [4.69, 9.17) is 9.47 Å². The van der Waals surface area contributed by atoms with Gasteiger partial charge in [-0.3, -0.25) is 4.79 Å². The molecule has 1 atom stereocenters. The van der Waals surface area contributed by atoms with Crippen molar-refractivity contribution in [1.82, 2.24) is 4.31 Å². The zero-order valence-corrected chi connectivity index (χ0v) is 17.4. The molecule has 7 nitrogen and oxygen atoms in total. The molecule has 156 valence electrons. The van der Waals surface area contributed by atoms with Gasteiger partial charge in [-0.1, -0.05) is 0 Å².